The van der Waals surface area contributed by atoms with Crippen LogP contribution in [0, 0.1) is 11.8 Å². The molecule has 186 valence electrons. The number of aliphatic hydroxyl groups is 1. The van der Waals surface area contributed by atoms with Gasteiger partial charge in [-0.05, 0) is 56.5 Å². The molecule has 0 amide bonds. The quantitative estimate of drug-likeness (QED) is 0.613. The Kier molecular flexibility index (Phi) is 7.52. The summed E-state index contributed by atoms with van der Waals surface area (Å²) < 4.78 is 40.8. The molecule has 1 saturated carbocycles. The largest absolute Gasteiger partial charge is 0.496 e. The summed E-state index contributed by atoms with van der Waals surface area (Å²) in [6, 6.07) is 12.3. The average Bonchev–Trinajstić information content (AvgIpc) is 3.64. The number of methoxy groups -OCH3 is 1. The van der Waals surface area contributed by atoms with Gasteiger partial charge in [0.2, 0.25) is 10.0 Å². The number of para-hydroxylation sites is 1. The monoisotopic (exact) mass is 488 g/mol. The Bertz CT molecular complexity index is 1100. The first-order chi connectivity index (χ1) is 16.2. The van der Waals surface area contributed by atoms with Gasteiger partial charge in [-0.15, -0.1) is 0 Å². The van der Waals surface area contributed by atoms with E-state index in [2.05, 4.69) is 11.9 Å². The molecular formula is C26H36N2O5S. The van der Waals surface area contributed by atoms with E-state index >= 15 is 0 Å². The highest BCUT2D eigenvalue weighted by Gasteiger charge is 2.38. The molecule has 7 nitrogen and oxygen atoms in total. The summed E-state index contributed by atoms with van der Waals surface area (Å²) >= 11 is 0. The lowest BCUT2D eigenvalue weighted by molar-refractivity contribution is 0.0741. The Hall–Kier alpha value is -2.13. The summed E-state index contributed by atoms with van der Waals surface area (Å²) in [4.78, 5) is 2.42. The van der Waals surface area contributed by atoms with Crippen LogP contribution >= 0.6 is 0 Å². The van der Waals surface area contributed by atoms with Crippen LogP contribution in [0.1, 0.15) is 26.7 Å². The van der Waals surface area contributed by atoms with Gasteiger partial charge in [0.1, 0.15) is 22.5 Å². The number of rotatable bonds is 8. The number of fused-ring (bicyclic) bond motifs is 1. The van der Waals surface area contributed by atoms with Crippen molar-refractivity contribution in [3.05, 3.63) is 42.5 Å². The van der Waals surface area contributed by atoms with Crippen molar-refractivity contribution in [3.8, 4) is 22.6 Å². The van der Waals surface area contributed by atoms with E-state index in [4.69, 9.17) is 9.47 Å². The SMILES string of the molecule is COc1ccccc1-c1ccc2c(c1)O[C@@H](CN(C)CC1CC1)[C@@H](C)CN([C@@H](C)CO)S2(=O)=O. The van der Waals surface area contributed by atoms with Crippen molar-refractivity contribution < 1.29 is 23.0 Å². The molecule has 4 rings (SSSR count). The zero-order chi connectivity index (χ0) is 24.5. The second-order valence-corrected chi connectivity index (χ2v) is 11.6. The third kappa shape index (κ3) is 5.25. The van der Waals surface area contributed by atoms with Gasteiger partial charge in [0.05, 0.1) is 13.7 Å². The van der Waals surface area contributed by atoms with Crippen LogP contribution in [0.5, 0.6) is 11.5 Å². The molecule has 2 aromatic rings. The van der Waals surface area contributed by atoms with Crippen molar-refractivity contribution in [2.24, 2.45) is 11.8 Å². The zero-order valence-corrected chi connectivity index (χ0v) is 21.3. The molecule has 34 heavy (non-hydrogen) atoms. The molecule has 1 aliphatic heterocycles. The Morgan fingerprint density at radius 1 is 1.21 bits per heavy atom. The number of aliphatic hydroxyl groups excluding tert-OH is 1. The molecule has 0 bridgehead atoms. The Balaban J connectivity index is 1.77. The average molecular weight is 489 g/mol. The predicted molar refractivity (Wildman–Crippen MR) is 133 cm³/mol. The molecule has 2 aliphatic rings. The van der Waals surface area contributed by atoms with Crippen LogP contribution in [0.25, 0.3) is 11.1 Å². The van der Waals surface area contributed by atoms with Crippen molar-refractivity contribution >= 4 is 10.0 Å². The van der Waals surface area contributed by atoms with Gasteiger partial charge in [0.15, 0.2) is 0 Å². The van der Waals surface area contributed by atoms with Crippen LogP contribution in [0.3, 0.4) is 0 Å². The second kappa shape index (κ2) is 10.2. The molecule has 1 aliphatic carbocycles. The zero-order valence-electron chi connectivity index (χ0n) is 20.5. The van der Waals surface area contributed by atoms with Crippen molar-refractivity contribution in [2.75, 3.05) is 40.4 Å². The molecule has 3 atom stereocenters. The third-order valence-corrected chi connectivity index (χ3v) is 8.86. The molecule has 1 N–H and O–H groups in total. The summed E-state index contributed by atoms with van der Waals surface area (Å²) in [5.41, 5.74) is 1.69. The topological polar surface area (TPSA) is 79.3 Å². The first-order valence-electron chi connectivity index (χ1n) is 12.0. The first-order valence-corrected chi connectivity index (χ1v) is 13.4. The van der Waals surface area contributed by atoms with Crippen molar-refractivity contribution in [2.45, 2.75) is 43.7 Å². The summed E-state index contributed by atoms with van der Waals surface area (Å²) in [5, 5.41) is 9.82. The van der Waals surface area contributed by atoms with E-state index < -0.39 is 16.1 Å². The smallest absolute Gasteiger partial charge is 0.247 e. The van der Waals surface area contributed by atoms with Gasteiger partial charge < -0.3 is 19.5 Å². The maximum Gasteiger partial charge on any atom is 0.247 e. The normalized spacial score (nSPS) is 23.5. The van der Waals surface area contributed by atoms with E-state index in [0.29, 0.717) is 24.6 Å². The standard InChI is InChI=1S/C26H36N2O5S/c1-18-14-28(19(2)17-29)34(30,31)26-12-11-21(22-7-5-6-8-23(22)32-4)13-24(26)33-25(18)16-27(3)15-20-9-10-20/h5-8,11-13,18-20,25,29H,9-10,14-17H2,1-4H3/t18-,19-,25-/m0/s1. The second-order valence-electron chi connectivity index (χ2n) is 9.77. The Morgan fingerprint density at radius 2 is 1.94 bits per heavy atom. The van der Waals surface area contributed by atoms with Gasteiger partial charge in [-0.25, -0.2) is 8.42 Å². The Labute approximate surface area is 203 Å². The number of benzene rings is 2. The first kappa shape index (κ1) is 25.0. The van der Waals surface area contributed by atoms with E-state index in [0.717, 1.165) is 23.6 Å². The highest BCUT2D eigenvalue weighted by molar-refractivity contribution is 7.89. The minimum atomic E-state index is -3.86. The lowest BCUT2D eigenvalue weighted by Crippen LogP contribution is -2.49. The third-order valence-electron chi connectivity index (χ3n) is 6.84. The Morgan fingerprint density at radius 3 is 2.62 bits per heavy atom. The van der Waals surface area contributed by atoms with Gasteiger partial charge in [-0.3, -0.25) is 0 Å². The highest BCUT2D eigenvalue weighted by atomic mass is 32.2. The summed E-state index contributed by atoms with van der Waals surface area (Å²) in [5.74, 6) is 1.74. The molecule has 8 heteroatoms. The number of nitrogens with zero attached hydrogens (tertiary/aromatic N) is 2. The summed E-state index contributed by atoms with van der Waals surface area (Å²) in [7, 11) is -0.138. The molecular weight excluding hydrogens is 452 g/mol. The molecule has 1 heterocycles. The fraction of sp³-hybridized carbons (Fsp3) is 0.538. The lowest BCUT2D eigenvalue weighted by Gasteiger charge is -2.37. The van der Waals surface area contributed by atoms with Gasteiger partial charge in [0.25, 0.3) is 0 Å². The number of sulfonamides is 1. The number of hydrogen-bond acceptors (Lipinski definition) is 6. The lowest BCUT2D eigenvalue weighted by atomic mass is 10.0. The van der Waals surface area contributed by atoms with Crippen molar-refractivity contribution in [3.63, 3.8) is 0 Å². The number of likely N-dealkylation sites (N-methyl/N-ethyl adjacent to an activating group) is 1. The molecule has 0 radical (unpaired) electrons. The van der Waals surface area contributed by atoms with Crippen LogP contribution < -0.4 is 9.47 Å². The van der Waals surface area contributed by atoms with E-state index in [1.54, 1.807) is 32.2 Å². The number of ether oxygens (including phenoxy) is 2. The van der Waals surface area contributed by atoms with Crippen LogP contribution in [0.4, 0.5) is 0 Å². The minimum absolute atomic E-state index is 0.0616. The molecule has 0 unspecified atom stereocenters. The van der Waals surface area contributed by atoms with E-state index in [1.165, 1.54) is 17.1 Å². The fourth-order valence-electron chi connectivity index (χ4n) is 4.62. The van der Waals surface area contributed by atoms with Gasteiger partial charge >= 0.3 is 0 Å². The summed E-state index contributed by atoms with van der Waals surface area (Å²) in [6.07, 6.45) is 2.35. The van der Waals surface area contributed by atoms with E-state index in [-0.39, 0.29) is 23.5 Å². The highest BCUT2D eigenvalue weighted by Crippen LogP contribution is 2.39. The van der Waals surface area contributed by atoms with Crippen LogP contribution in [0.2, 0.25) is 0 Å². The van der Waals surface area contributed by atoms with Gasteiger partial charge in [-0.2, -0.15) is 4.31 Å². The fourth-order valence-corrected chi connectivity index (χ4v) is 6.44. The summed E-state index contributed by atoms with van der Waals surface area (Å²) in [6.45, 7) is 5.54. The van der Waals surface area contributed by atoms with Crippen LogP contribution in [-0.2, 0) is 10.0 Å². The number of hydrogen-bond donors (Lipinski definition) is 1. The molecule has 2 aromatic carbocycles. The van der Waals surface area contributed by atoms with Crippen molar-refractivity contribution in [1.29, 1.82) is 0 Å². The van der Waals surface area contributed by atoms with Crippen LogP contribution in [-0.4, -0.2) is 75.3 Å². The predicted octanol–water partition coefficient (Wildman–Crippen LogP) is 3.47. The van der Waals surface area contributed by atoms with Crippen molar-refractivity contribution in [1.82, 2.24) is 9.21 Å². The van der Waals surface area contributed by atoms with Gasteiger partial charge in [0, 0.05) is 37.2 Å². The molecule has 0 spiro atoms. The molecule has 0 aromatic heterocycles. The van der Waals surface area contributed by atoms with E-state index in [9.17, 15) is 13.5 Å². The maximum atomic E-state index is 13.7. The van der Waals surface area contributed by atoms with E-state index in [1.807, 2.05) is 31.2 Å². The van der Waals surface area contributed by atoms with Crippen LogP contribution in [0.15, 0.2) is 47.4 Å². The molecule has 1 fully saturated rings. The minimum Gasteiger partial charge on any atom is -0.496 e. The van der Waals surface area contributed by atoms with Gasteiger partial charge in [-0.1, -0.05) is 31.2 Å². The molecule has 0 saturated heterocycles. The maximum absolute atomic E-state index is 13.7.